The minimum absolute atomic E-state index is 0. The van der Waals surface area contributed by atoms with E-state index in [1.165, 1.54) is 23.2 Å². The fraction of sp³-hybridized carbons (Fsp3) is 0.263. The van der Waals surface area contributed by atoms with Crippen LogP contribution in [0.15, 0.2) is 59.0 Å². The molecule has 0 amide bonds. The molecule has 0 aliphatic carbocycles. The van der Waals surface area contributed by atoms with E-state index in [0.717, 1.165) is 18.3 Å². The maximum atomic E-state index is 11.0. The number of sulfonamides is 1. The summed E-state index contributed by atoms with van der Waals surface area (Å²) < 4.78 is 22.0. The summed E-state index contributed by atoms with van der Waals surface area (Å²) in [7, 11) is -1.66. The largest absolute Gasteiger partial charge is 1.00 e. The molecule has 127 valence electrons. The smallest absolute Gasteiger partial charge is 0.560 e. The van der Waals surface area contributed by atoms with Crippen LogP contribution in [0.25, 0.3) is 11.2 Å². The van der Waals surface area contributed by atoms with E-state index >= 15 is 0 Å². The molecule has 1 radical (unpaired) electrons. The Morgan fingerprint density at radius 2 is 1.84 bits per heavy atom. The predicted molar refractivity (Wildman–Crippen MR) is 103 cm³/mol. The summed E-state index contributed by atoms with van der Waals surface area (Å²) in [6.45, 7) is 6.16. The number of nitrogens with one attached hydrogen (secondary N) is 1. The first kappa shape index (κ1) is 24.8. The van der Waals surface area contributed by atoms with Crippen LogP contribution in [0.3, 0.4) is 0 Å². The molecule has 0 aromatic heterocycles. The van der Waals surface area contributed by atoms with Crippen LogP contribution in [0.2, 0.25) is 6.32 Å². The van der Waals surface area contributed by atoms with Gasteiger partial charge in [-0.15, -0.1) is 0 Å². The summed E-state index contributed by atoms with van der Waals surface area (Å²) in [4.78, 5) is 0.0418. The first-order valence-corrected chi connectivity index (χ1v) is 9.41. The van der Waals surface area contributed by atoms with Crippen molar-refractivity contribution in [3.8, 4) is 0 Å². The number of allylic oxidation sites excluding steroid dienone is 1. The van der Waals surface area contributed by atoms with E-state index in [1.807, 2.05) is 38.1 Å². The van der Waals surface area contributed by atoms with Crippen LogP contribution in [-0.2, 0) is 10.0 Å². The van der Waals surface area contributed by atoms with Gasteiger partial charge in [-0.3, -0.25) is 0 Å². The van der Waals surface area contributed by atoms with Crippen LogP contribution >= 0.6 is 0 Å². The van der Waals surface area contributed by atoms with E-state index in [2.05, 4.69) is 32.4 Å². The number of benzene rings is 2. The van der Waals surface area contributed by atoms with Crippen molar-refractivity contribution in [3.05, 3.63) is 70.9 Å². The Balaban J connectivity index is 0.000000495. The molecule has 0 atom stereocenters. The van der Waals surface area contributed by atoms with Crippen LogP contribution in [0.5, 0.6) is 0 Å². The Labute approximate surface area is 195 Å². The Hall–Kier alpha value is -0.209. The van der Waals surface area contributed by atoms with Crippen molar-refractivity contribution in [1.82, 2.24) is 0 Å². The SMILES string of the molecule is CC/C(C)=C\c1cccc(S([NH-])(=O)=O)c1.CC[B]c1cc[c-]cc1.[K+]. The van der Waals surface area contributed by atoms with Gasteiger partial charge in [0.25, 0.3) is 0 Å². The maximum Gasteiger partial charge on any atom is 1.00 e. The molecule has 25 heavy (non-hydrogen) atoms. The van der Waals surface area contributed by atoms with Crippen LogP contribution in [-0.4, -0.2) is 15.7 Å². The zero-order valence-corrected chi connectivity index (χ0v) is 19.4. The van der Waals surface area contributed by atoms with Crippen molar-refractivity contribution in [2.75, 3.05) is 0 Å². The standard InChI is InChI=1S/C11H14NO2S.C8H9B.K/c1-3-9(2)7-10-5-4-6-11(8-10)15(12,13)14;1-2-9-8-6-4-3-5-7-8;/h4-8H,3H2,1-2H3,(H-,12,13,14);4-7H,2H2,1H3;/q2*-1;+1/b9-7-;;. The van der Waals surface area contributed by atoms with Crippen LogP contribution in [0.4, 0.5) is 0 Å². The molecule has 2 aromatic carbocycles. The Bertz CT molecular complexity index is 762. The molecule has 3 nitrogen and oxygen atoms in total. The van der Waals surface area contributed by atoms with E-state index in [0.29, 0.717) is 0 Å². The van der Waals surface area contributed by atoms with Crippen molar-refractivity contribution >= 4 is 28.8 Å². The van der Waals surface area contributed by atoms with Crippen molar-refractivity contribution in [2.45, 2.75) is 38.4 Å². The van der Waals surface area contributed by atoms with Crippen molar-refractivity contribution in [3.63, 3.8) is 0 Å². The van der Waals surface area contributed by atoms with Crippen molar-refractivity contribution in [1.29, 1.82) is 0 Å². The van der Waals surface area contributed by atoms with Crippen LogP contribution in [0.1, 0.15) is 32.8 Å². The summed E-state index contributed by atoms with van der Waals surface area (Å²) in [5.74, 6) is 0. The average Bonchev–Trinajstić information content (AvgIpc) is 2.56. The Kier molecular flexibility index (Phi) is 12.9. The average molecular weight is 379 g/mol. The van der Waals surface area contributed by atoms with Gasteiger partial charge in [0.2, 0.25) is 0 Å². The number of hydrogen-bond acceptors (Lipinski definition) is 2. The molecule has 6 heteroatoms. The third kappa shape index (κ3) is 10.5. The van der Waals surface area contributed by atoms with Gasteiger partial charge >= 0.3 is 51.4 Å². The van der Waals surface area contributed by atoms with Gasteiger partial charge in [0, 0.05) is 4.90 Å². The van der Waals surface area contributed by atoms with E-state index < -0.39 is 10.0 Å². The van der Waals surface area contributed by atoms with E-state index in [-0.39, 0.29) is 56.3 Å². The molecule has 1 N–H and O–H groups in total. The first-order valence-electron chi connectivity index (χ1n) is 7.93. The Morgan fingerprint density at radius 1 is 1.20 bits per heavy atom. The second kappa shape index (κ2) is 13.0. The van der Waals surface area contributed by atoms with Gasteiger partial charge in [-0.25, -0.2) is 8.42 Å². The zero-order chi connectivity index (χ0) is 18.0. The molecular weight excluding hydrogens is 356 g/mol. The van der Waals surface area contributed by atoms with Gasteiger partial charge in [0.05, 0.1) is 10.0 Å². The number of hydrogen-bond donors (Lipinski definition) is 0. The molecule has 0 saturated heterocycles. The molecule has 0 heterocycles. The molecule has 0 unspecified atom stereocenters. The van der Waals surface area contributed by atoms with Crippen LogP contribution < -0.4 is 56.8 Å². The summed E-state index contributed by atoms with van der Waals surface area (Å²) in [6, 6.07) is 17.4. The van der Waals surface area contributed by atoms with Crippen molar-refractivity contribution < 1.29 is 59.8 Å². The molecule has 0 saturated carbocycles. The maximum absolute atomic E-state index is 11.0. The first-order chi connectivity index (χ1) is 11.4. The molecule has 0 spiro atoms. The molecule has 0 aliphatic heterocycles. The minimum atomic E-state index is -3.85. The van der Waals surface area contributed by atoms with E-state index in [9.17, 15) is 8.42 Å². The summed E-state index contributed by atoms with van der Waals surface area (Å²) >= 11 is 0. The van der Waals surface area contributed by atoms with E-state index in [1.54, 1.807) is 6.07 Å². The molecule has 0 aliphatic rings. The topological polar surface area (TPSA) is 57.9 Å². The Morgan fingerprint density at radius 3 is 2.36 bits per heavy atom. The fourth-order valence-electron chi connectivity index (χ4n) is 1.93. The normalized spacial score (nSPS) is 11.0. The second-order valence-corrected chi connectivity index (χ2v) is 6.84. The summed E-state index contributed by atoms with van der Waals surface area (Å²) in [6.07, 6.45) is 3.95. The van der Waals surface area contributed by atoms with Gasteiger partial charge in [-0.1, -0.05) is 43.9 Å². The fourth-order valence-corrected chi connectivity index (χ4v) is 2.48. The second-order valence-electron chi connectivity index (χ2n) is 5.37. The predicted octanol–water partition coefficient (Wildman–Crippen LogP) is 1.50. The summed E-state index contributed by atoms with van der Waals surface area (Å²) in [5.41, 5.74) is 3.29. The van der Waals surface area contributed by atoms with E-state index in [4.69, 9.17) is 5.14 Å². The third-order valence-corrected chi connectivity index (χ3v) is 4.20. The number of rotatable bonds is 5. The molecule has 0 bridgehead atoms. The van der Waals surface area contributed by atoms with Gasteiger partial charge < -0.3 is 5.14 Å². The van der Waals surface area contributed by atoms with Crippen molar-refractivity contribution in [2.24, 2.45) is 0 Å². The van der Waals surface area contributed by atoms with Gasteiger partial charge in [-0.2, -0.15) is 35.8 Å². The zero-order valence-electron chi connectivity index (χ0n) is 15.4. The van der Waals surface area contributed by atoms with Crippen LogP contribution in [0, 0.1) is 6.07 Å². The van der Waals surface area contributed by atoms with Gasteiger partial charge in [0.1, 0.15) is 7.28 Å². The molecule has 0 fully saturated rings. The quantitative estimate of drug-likeness (QED) is 0.584. The molecule has 2 aromatic rings. The summed E-state index contributed by atoms with van der Waals surface area (Å²) in [5, 5.41) is 6.95. The third-order valence-electron chi connectivity index (χ3n) is 3.32. The van der Waals surface area contributed by atoms with Gasteiger partial charge in [-0.05, 0) is 31.0 Å². The molecular formula is C19H23BKNO2S-. The molecule has 2 rings (SSSR count). The van der Waals surface area contributed by atoms with Gasteiger partial charge in [0.15, 0.2) is 0 Å². The monoisotopic (exact) mass is 379 g/mol. The minimum Gasteiger partial charge on any atom is -0.560 e.